The highest BCUT2D eigenvalue weighted by molar-refractivity contribution is 6.46. The molecule has 0 unspecified atom stereocenters. The molecule has 2 rings (SSSR count). The molecule has 0 atom stereocenters. The van der Waals surface area contributed by atoms with Crippen molar-refractivity contribution in [3.05, 3.63) is 56.3 Å². The van der Waals surface area contributed by atoms with Crippen LogP contribution in [0.1, 0.15) is 26.4 Å². The van der Waals surface area contributed by atoms with Crippen molar-refractivity contribution < 1.29 is 19.4 Å². The first kappa shape index (κ1) is 19.0. The number of carboxylic acids is 1. The summed E-state index contributed by atoms with van der Waals surface area (Å²) in [5.74, 6) is -2.06. The van der Waals surface area contributed by atoms with Gasteiger partial charge in [0.1, 0.15) is 10.7 Å². The van der Waals surface area contributed by atoms with E-state index in [1.54, 1.807) is 24.3 Å². The maximum Gasteiger partial charge on any atom is 0.337 e. The molecule has 0 bridgehead atoms. The summed E-state index contributed by atoms with van der Waals surface area (Å²) in [6, 6.07) is 6.38. The molecule has 25 heavy (non-hydrogen) atoms. The van der Waals surface area contributed by atoms with Gasteiger partial charge in [0.2, 0.25) is 0 Å². The number of ether oxygens (including phenoxy) is 1. The summed E-state index contributed by atoms with van der Waals surface area (Å²) in [5, 5.41) is 14.3. The monoisotopic (exact) mass is 400 g/mol. The van der Waals surface area contributed by atoms with Gasteiger partial charge >= 0.3 is 5.97 Å². The third kappa shape index (κ3) is 4.39. The number of carbonyl (C=O) groups excluding carboxylic acids is 2. The fraction of sp³-hybridized carbons (Fsp3) is 0.0667. The van der Waals surface area contributed by atoms with Crippen LogP contribution >= 0.6 is 34.8 Å². The third-order valence-electron chi connectivity index (χ3n) is 2.95. The van der Waals surface area contributed by atoms with E-state index in [9.17, 15) is 14.7 Å². The fourth-order valence-electron chi connectivity index (χ4n) is 1.74. The molecule has 0 amide bonds. The molecule has 7 nitrogen and oxygen atoms in total. The van der Waals surface area contributed by atoms with Crippen molar-refractivity contribution in [2.45, 2.75) is 0 Å². The Bertz CT molecular complexity index is 854. The summed E-state index contributed by atoms with van der Waals surface area (Å²) in [5.41, 5.74) is 2.96. The summed E-state index contributed by atoms with van der Waals surface area (Å²) in [6.07, 6.45) is 1.40. The maximum absolute atomic E-state index is 11.3. The molecule has 0 spiro atoms. The number of halogens is 3. The van der Waals surface area contributed by atoms with E-state index in [1.165, 1.54) is 13.3 Å². The first-order valence-electron chi connectivity index (χ1n) is 6.58. The number of aromatic nitrogens is 1. The number of pyridine rings is 1. The smallest absolute Gasteiger partial charge is 0.337 e. The van der Waals surface area contributed by atoms with Crippen LogP contribution in [0.2, 0.25) is 15.2 Å². The molecule has 1 heterocycles. The van der Waals surface area contributed by atoms with Crippen LogP contribution in [0.4, 0.5) is 5.69 Å². The van der Waals surface area contributed by atoms with Gasteiger partial charge in [0.25, 0.3) is 0 Å². The lowest BCUT2D eigenvalue weighted by molar-refractivity contribution is -0.255. The van der Waals surface area contributed by atoms with Gasteiger partial charge in [0.05, 0.1) is 35.6 Å². The highest BCUT2D eigenvalue weighted by Crippen LogP contribution is 2.36. The number of aromatic carboxylic acids is 1. The maximum atomic E-state index is 11.3. The zero-order chi connectivity index (χ0) is 18.6. The van der Waals surface area contributed by atoms with E-state index in [1.807, 2.05) is 0 Å². The van der Waals surface area contributed by atoms with Gasteiger partial charge in [-0.2, -0.15) is 5.10 Å². The lowest BCUT2D eigenvalue weighted by Crippen LogP contribution is -2.24. The number of esters is 1. The molecule has 0 aliphatic rings. The van der Waals surface area contributed by atoms with E-state index >= 15 is 0 Å². The van der Waals surface area contributed by atoms with Gasteiger partial charge in [-0.15, -0.1) is 0 Å². The number of methoxy groups -OCH3 is 1. The van der Waals surface area contributed by atoms with Crippen LogP contribution in [-0.2, 0) is 4.74 Å². The van der Waals surface area contributed by atoms with Crippen molar-refractivity contribution >= 4 is 58.6 Å². The molecule has 0 saturated carbocycles. The Balaban J connectivity index is 2.22. The molecule has 2 aromatic rings. The van der Waals surface area contributed by atoms with Crippen molar-refractivity contribution in [1.29, 1.82) is 0 Å². The van der Waals surface area contributed by atoms with Gasteiger partial charge in [0.15, 0.2) is 5.15 Å². The van der Waals surface area contributed by atoms with Crippen molar-refractivity contribution in [1.82, 2.24) is 4.98 Å². The summed E-state index contributed by atoms with van der Waals surface area (Å²) in [4.78, 5) is 25.9. The van der Waals surface area contributed by atoms with Crippen LogP contribution in [0.3, 0.4) is 0 Å². The Hall–Kier alpha value is -2.35. The molecule has 10 heteroatoms. The molecular weight excluding hydrogens is 393 g/mol. The molecule has 0 radical (unpaired) electrons. The molecule has 0 aliphatic heterocycles. The largest absolute Gasteiger partial charge is 0.543 e. The molecule has 1 aromatic heterocycles. The van der Waals surface area contributed by atoms with Crippen LogP contribution in [-0.4, -0.2) is 30.2 Å². The van der Waals surface area contributed by atoms with Gasteiger partial charge in [-0.1, -0.05) is 46.9 Å². The van der Waals surface area contributed by atoms with Crippen LogP contribution in [0, 0.1) is 0 Å². The second-order valence-corrected chi connectivity index (χ2v) is 5.64. The van der Waals surface area contributed by atoms with Crippen LogP contribution in [0.15, 0.2) is 29.4 Å². The second kappa shape index (κ2) is 8.15. The van der Waals surface area contributed by atoms with Gasteiger partial charge in [-0.05, 0) is 17.7 Å². The molecule has 1 aromatic carbocycles. The number of nitrogens with one attached hydrogen (secondary N) is 1. The van der Waals surface area contributed by atoms with Crippen LogP contribution in [0.25, 0.3) is 0 Å². The average Bonchev–Trinajstić information content (AvgIpc) is 2.60. The quantitative estimate of drug-likeness (QED) is 0.357. The Morgan fingerprint density at radius 1 is 1.20 bits per heavy atom. The molecule has 0 aliphatic carbocycles. The second-order valence-electron chi connectivity index (χ2n) is 4.53. The standard InChI is InChI=1S/C15H10Cl3N3O4/c1-25-15(24)8-4-2-7(3-5-8)6-19-21-11-9(16)12(14(22)23)20-13(18)10(11)17/h2-6H,1H3,(H,20,21)(H,22,23)/p-1/b19-6-. The molecule has 0 saturated heterocycles. The Kier molecular flexibility index (Phi) is 6.19. The lowest BCUT2D eigenvalue weighted by atomic mass is 10.1. The minimum Gasteiger partial charge on any atom is -0.543 e. The van der Waals surface area contributed by atoms with Crippen molar-refractivity contribution in [3.63, 3.8) is 0 Å². The van der Waals surface area contributed by atoms with E-state index in [-0.39, 0.29) is 20.9 Å². The van der Waals surface area contributed by atoms with E-state index in [4.69, 9.17) is 34.8 Å². The van der Waals surface area contributed by atoms with Crippen molar-refractivity contribution in [2.75, 3.05) is 12.5 Å². The number of hydrazone groups is 1. The third-order valence-corrected chi connectivity index (χ3v) is 4.06. The first-order valence-corrected chi connectivity index (χ1v) is 7.71. The van der Waals surface area contributed by atoms with Gasteiger partial charge < -0.3 is 14.6 Å². The van der Waals surface area contributed by atoms with Crippen LogP contribution in [0.5, 0.6) is 0 Å². The van der Waals surface area contributed by atoms with E-state index in [0.29, 0.717) is 11.1 Å². The summed E-state index contributed by atoms with van der Waals surface area (Å²) in [6.45, 7) is 0. The normalized spacial score (nSPS) is 10.7. The van der Waals surface area contributed by atoms with Gasteiger partial charge in [-0.3, -0.25) is 5.43 Å². The van der Waals surface area contributed by atoms with Gasteiger partial charge in [-0.25, -0.2) is 9.78 Å². The minimum absolute atomic E-state index is 0.0232. The summed E-state index contributed by atoms with van der Waals surface area (Å²) >= 11 is 17.6. The number of rotatable bonds is 5. The van der Waals surface area contributed by atoms with Crippen molar-refractivity contribution in [2.24, 2.45) is 5.10 Å². The van der Waals surface area contributed by atoms with E-state index < -0.39 is 17.6 Å². The summed E-state index contributed by atoms with van der Waals surface area (Å²) < 4.78 is 4.60. The highest BCUT2D eigenvalue weighted by atomic mass is 35.5. The molecule has 130 valence electrons. The Labute approximate surface area is 157 Å². The number of hydrogen-bond donors (Lipinski definition) is 1. The molecule has 0 fully saturated rings. The predicted molar refractivity (Wildman–Crippen MR) is 92.6 cm³/mol. The highest BCUT2D eigenvalue weighted by Gasteiger charge is 2.16. The predicted octanol–water partition coefficient (Wildman–Crippen LogP) is 2.64. The lowest BCUT2D eigenvalue weighted by Gasteiger charge is -2.12. The topological polar surface area (TPSA) is 104 Å². The van der Waals surface area contributed by atoms with Crippen LogP contribution < -0.4 is 10.5 Å². The number of benzene rings is 1. The number of carboxylic acid groups (broad SMARTS) is 1. The number of hydrogen-bond acceptors (Lipinski definition) is 7. The Morgan fingerprint density at radius 2 is 1.84 bits per heavy atom. The SMILES string of the molecule is COC(=O)c1ccc(/C=N\Nc2c(Cl)c(Cl)nc(C(=O)[O-])c2Cl)cc1. The number of nitrogens with zero attached hydrogens (tertiary/aromatic N) is 2. The minimum atomic E-state index is -1.60. The molecule has 1 N–H and O–H groups in total. The zero-order valence-corrected chi connectivity index (χ0v) is 14.8. The zero-order valence-electron chi connectivity index (χ0n) is 12.5. The van der Waals surface area contributed by atoms with E-state index in [0.717, 1.165) is 0 Å². The van der Waals surface area contributed by atoms with Gasteiger partial charge in [0, 0.05) is 0 Å². The first-order chi connectivity index (χ1) is 11.8. The molecular formula is C15H9Cl3N3O4-. The number of carbonyl (C=O) groups is 2. The fourth-order valence-corrected chi connectivity index (χ4v) is 2.40. The Morgan fingerprint density at radius 3 is 2.40 bits per heavy atom. The average molecular weight is 402 g/mol. The van der Waals surface area contributed by atoms with E-state index in [2.05, 4.69) is 20.2 Å². The summed E-state index contributed by atoms with van der Waals surface area (Å²) in [7, 11) is 1.29. The number of anilines is 1. The van der Waals surface area contributed by atoms with Crippen molar-refractivity contribution in [3.8, 4) is 0 Å².